The number of rotatable bonds is 8. The Morgan fingerprint density at radius 3 is 1.37 bits per heavy atom. The highest BCUT2D eigenvalue weighted by Crippen LogP contribution is 2.40. The first kappa shape index (κ1) is 21.9. The summed E-state index contributed by atoms with van der Waals surface area (Å²) in [5.74, 6) is 4.91. The summed E-state index contributed by atoms with van der Waals surface area (Å²) in [5.41, 5.74) is 6.49. The van der Waals surface area contributed by atoms with Crippen molar-refractivity contribution in [3.05, 3.63) is 127 Å². The monoisotopic (exact) mass is 461 g/mol. The molecule has 5 rings (SSSR count). The van der Waals surface area contributed by atoms with Crippen LogP contribution in [0.2, 0.25) is 0 Å². The van der Waals surface area contributed by atoms with Gasteiger partial charge in [0.2, 0.25) is 0 Å². The van der Waals surface area contributed by atoms with Gasteiger partial charge in [0.25, 0.3) is 0 Å². The molecule has 0 aliphatic carbocycles. The minimum absolute atomic E-state index is 0.554. The molecule has 0 atom stereocenters. The van der Waals surface area contributed by atoms with Gasteiger partial charge in [-0.25, -0.2) is 0 Å². The zero-order valence-electron chi connectivity index (χ0n) is 18.8. The molecule has 0 spiro atoms. The maximum absolute atomic E-state index is 6.23. The van der Waals surface area contributed by atoms with Gasteiger partial charge >= 0.3 is 0 Å². The SMILES string of the molecule is Nc1cccc(Oc2cccc(Oc3ccccc3Oc3ccccc3Oc3ccccc3)c2)c1. The lowest BCUT2D eigenvalue weighted by Crippen LogP contribution is -1.93. The second kappa shape index (κ2) is 10.4. The minimum Gasteiger partial charge on any atom is -0.457 e. The van der Waals surface area contributed by atoms with E-state index in [1.165, 1.54) is 0 Å². The Bertz CT molecular complexity index is 1420. The Morgan fingerprint density at radius 2 is 0.771 bits per heavy atom. The summed E-state index contributed by atoms with van der Waals surface area (Å²) in [7, 11) is 0. The zero-order chi connectivity index (χ0) is 23.9. The molecule has 0 aliphatic rings. The van der Waals surface area contributed by atoms with Gasteiger partial charge in [0.05, 0.1) is 0 Å². The molecule has 0 unspecified atom stereocenters. The van der Waals surface area contributed by atoms with Crippen molar-refractivity contribution in [2.75, 3.05) is 5.73 Å². The summed E-state index contributed by atoms with van der Waals surface area (Å²) in [5, 5.41) is 0. The van der Waals surface area contributed by atoms with Gasteiger partial charge in [-0.1, -0.05) is 54.6 Å². The van der Waals surface area contributed by atoms with Crippen molar-refractivity contribution < 1.29 is 18.9 Å². The first-order chi connectivity index (χ1) is 17.2. The van der Waals surface area contributed by atoms with E-state index in [1.54, 1.807) is 6.07 Å². The quantitative estimate of drug-likeness (QED) is 0.235. The van der Waals surface area contributed by atoms with Crippen molar-refractivity contribution in [2.45, 2.75) is 0 Å². The fraction of sp³-hybridized carbons (Fsp3) is 0. The molecule has 35 heavy (non-hydrogen) atoms. The Kier molecular flexibility index (Phi) is 6.49. The maximum atomic E-state index is 6.23. The van der Waals surface area contributed by atoms with E-state index in [0.29, 0.717) is 45.9 Å². The highest BCUT2D eigenvalue weighted by molar-refractivity contribution is 5.51. The van der Waals surface area contributed by atoms with Gasteiger partial charge in [0.1, 0.15) is 23.0 Å². The van der Waals surface area contributed by atoms with E-state index >= 15 is 0 Å². The van der Waals surface area contributed by atoms with Crippen LogP contribution in [0.3, 0.4) is 0 Å². The molecule has 0 saturated carbocycles. The summed E-state index contributed by atoms with van der Waals surface area (Å²) >= 11 is 0. The summed E-state index contributed by atoms with van der Waals surface area (Å²) in [6.45, 7) is 0. The van der Waals surface area contributed by atoms with Crippen LogP contribution in [0.5, 0.6) is 46.0 Å². The van der Waals surface area contributed by atoms with E-state index in [1.807, 2.05) is 121 Å². The average Bonchev–Trinajstić information content (AvgIpc) is 2.87. The molecule has 0 aromatic heterocycles. The largest absolute Gasteiger partial charge is 0.457 e. The van der Waals surface area contributed by atoms with Crippen molar-refractivity contribution in [1.29, 1.82) is 0 Å². The van der Waals surface area contributed by atoms with Crippen LogP contribution in [0.1, 0.15) is 0 Å². The van der Waals surface area contributed by atoms with Crippen molar-refractivity contribution in [3.63, 3.8) is 0 Å². The number of anilines is 1. The van der Waals surface area contributed by atoms with Gasteiger partial charge in [-0.05, 0) is 60.7 Å². The molecule has 172 valence electrons. The van der Waals surface area contributed by atoms with Gasteiger partial charge in [-0.15, -0.1) is 0 Å². The van der Waals surface area contributed by atoms with E-state index in [9.17, 15) is 0 Å². The number of ether oxygens (including phenoxy) is 4. The smallest absolute Gasteiger partial charge is 0.170 e. The van der Waals surface area contributed by atoms with Gasteiger partial charge in [-0.2, -0.15) is 0 Å². The maximum Gasteiger partial charge on any atom is 0.170 e. The van der Waals surface area contributed by atoms with Crippen LogP contribution >= 0.6 is 0 Å². The highest BCUT2D eigenvalue weighted by atomic mass is 16.5. The van der Waals surface area contributed by atoms with Crippen LogP contribution in [0.15, 0.2) is 127 Å². The van der Waals surface area contributed by atoms with Crippen LogP contribution in [0, 0.1) is 0 Å². The van der Waals surface area contributed by atoms with Crippen molar-refractivity contribution in [1.82, 2.24) is 0 Å². The third-order valence-corrected chi connectivity index (χ3v) is 5.02. The molecule has 0 radical (unpaired) electrons. The molecule has 0 amide bonds. The standard InChI is InChI=1S/C30H23NO4/c31-22-10-8-13-24(20-22)32-25-14-9-15-26(21-25)34-28-17-5-7-19-30(28)35-29-18-6-4-16-27(29)33-23-11-2-1-3-12-23/h1-21H,31H2. The highest BCUT2D eigenvalue weighted by Gasteiger charge is 2.12. The van der Waals surface area contributed by atoms with E-state index < -0.39 is 0 Å². The molecule has 0 fully saturated rings. The van der Waals surface area contributed by atoms with E-state index in [-0.39, 0.29) is 0 Å². The molecule has 5 aromatic carbocycles. The van der Waals surface area contributed by atoms with Crippen LogP contribution in [0.4, 0.5) is 5.69 Å². The van der Waals surface area contributed by atoms with E-state index in [2.05, 4.69) is 0 Å². The molecule has 0 bridgehead atoms. The number of nitrogens with two attached hydrogens (primary N) is 1. The molecule has 0 saturated heterocycles. The van der Waals surface area contributed by atoms with Crippen LogP contribution < -0.4 is 24.7 Å². The number of nitrogen functional groups attached to an aromatic ring is 1. The molecule has 0 heterocycles. The normalized spacial score (nSPS) is 10.4. The zero-order valence-corrected chi connectivity index (χ0v) is 18.8. The van der Waals surface area contributed by atoms with Crippen LogP contribution in [-0.2, 0) is 0 Å². The third kappa shape index (κ3) is 5.72. The summed E-state index contributed by atoms with van der Waals surface area (Å²) < 4.78 is 24.4. The second-order valence-corrected chi connectivity index (χ2v) is 7.66. The lowest BCUT2D eigenvalue weighted by atomic mass is 10.2. The summed E-state index contributed by atoms with van der Waals surface area (Å²) in [4.78, 5) is 0. The van der Waals surface area contributed by atoms with Crippen LogP contribution in [-0.4, -0.2) is 0 Å². The average molecular weight is 462 g/mol. The van der Waals surface area contributed by atoms with E-state index in [0.717, 1.165) is 5.75 Å². The third-order valence-electron chi connectivity index (χ3n) is 5.02. The molecular formula is C30H23NO4. The van der Waals surface area contributed by atoms with E-state index in [4.69, 9.17) is 24.7 Å². The molecule has 5 aromatic rings. The number of hydrogen-bond donors (Lipinski definition) is 1. The Labute approximate surface area is 203 Å². The Morgan fingerprint density at radius 1 is 0.343 bits per heavy atom. The summed E-state index contributed by atoms with van der Waals surface area (Å²) in [6, 6.07) is 39.2. The molecule has 2 N–H and O–H groups in total. The summed E-state index contributed by atoms with van der Waals surface area (Å²) in [6.07, 6.45) is 0. The molecule has 5 heteroatoms. The topological polar surface area (TPSA) is 62.9 Å². The Hall–Kier alpha value is -4.90. The lowest BCUT2D eigenvalue weighted by Gasteiger charge is -2.15. The number of benzene rings is 5. The lowest BCUT2D eigenvalue weighted by molar-refractivity contribution is 0.393. The Balaban J connectivity index is 1.36. The van der Waals surface area contributed by atoms with Crippen molar-refractivity contribution in [2.24, 2.45) is 0 Å². The molecule has 0 aliphatic heterocycles. The van der Waals surface area contributed by atoms with Gasteiger partial charge in [0, 0.05) is 17.8 Å². The first-order valence-corrected chi connectivity index (χ1v) is 11.1. The predicted octanol–water partition coefficient (Wildman–Crippen LogP) is 8.44. The molecular weight excluding hydrogens is 438 g/mol. The fourth-order valence-corrected chi connectivity index (χ4v) is 3.41. The van der Waals surface area contributed by atoms with Gasteiger partial charge < -0.3 is 24.7 Å². The first-order valence-electron chi connectivity index (χ1n) is 11.1. The minimum atomic E-state index is 0.554. The molecule has 5 nitrogen and oxygen atoms in total. The fourth-order valence-electron chi connectivity index (χ4n) is 3.41. The van der Waals surface area contributed by atoms with Gasteiger partial charge in [0.15, 0.2) is 23.0 Å². The van der Waals surface area contributed by atoms with Crippen LogP contribution in [0.25, 0.3) is 0 Å². The van der Waals surface area contributed by atoms with Crippen molar-refractivity contribution >= 4 is 5.69 Å². The number of hydrogen-bond acceptors (Lipinski definition) is 5. The second-order valence-electron chi connectivity index (χ2n) is 7.66. The predicted molar refractivity (Wildman–Crippen MR) is 137 cm³/mol. The van der Waals surface area contributed by atoms with Crippen molar-refractivity contribution in [3.8, 4) is 46.0 Å². The number of para-hydroxylation sites is 5. The van der Waals surface area contributed by atoms with Gasteiger partial charge in [-0.3, -0.25) is 0 Å².